The number of ether oxygens (including phenoxy) is 1. The van der Waals surface area contributed by atoms with E-state index in [4.69, 9.17) is 27.9 Å². The van der Waals surface area contributed by atoms with Crippen LogP contribution in [0.25, 0.3) is 10.2 Å². The molecule has 0 aliphatic heterocycles. The van der Waals surface area contributed by atoms with Gasteiger partial charge in [-0.05, 0) is 12.1 Å². The molecule has 2 rings (SSSR count). The Hall–Kier alpha value is -0.510. The van der Waals surface area contributed by atoms with Gasteiger partial charge in [-0.3, -0.25) is 0 Å². The highest BCUT2D eigenvalue weighted by Gasteiger charge is 2.10. The Morgan fingerprint density at radius 3 is 2.85 bits per heavy atom. The Labute approximate surface area is 89.1 Å². The Bertz CT molecular complexity index is 455. The topological polar surface area (TPSA) is 22.1 Å². The quantitative estimate of drug-likeness (QED) is 0.751. The van der Waals surface area contributed by atoms with Crippen LogP contribution in [0.4, 0.5) is 0 Å². The van der Waals surface area contributed by atoms with Gasteiger partial charge in [-0.15, -0.1) is 0 Å². The number of aromatic nitrogens is 1. The average molecular weight is 234 g/mol. The lowest BCUT2D eigenvalue weighted by Crippen LogP contribution is -1.82. The second-order valence-corrected chi connectivity index (χ2v) is 4.38. The maximum atomic E-state index is 5.93. The molecule has 0 atom stereocenters. The Morgan fingerprint density at radius 1 is 1.38 bits per heavy atom. The smallest absolute Gasteiger partial charge is 0.184 e. The summed E-state index contributed by atoms with van der Waals surface area (Å²) in [5, 5.41) is 0.596. The minimum absolute atomic E-state index is 0.474. The lowest BCUT2D eigenvalue weighted by molar-refractivity contribution is 0.420. The van der Waals surface area contributed by atoms with E-state index in [-0.39, 0.29) is 0 Å². The van der Waals surface area contributed by atoms with Crippen molar-refractivity contribution in [3.63, 3.8) is 0 Å². The van der Waals surface area contributed by atoms with Crippen LogP contribution in [0.1, 0.15) is 0 Å². The summed E-state index contributed by atoms with van der Waals surface area (Å²) in [7, 11) is 1.61. The molecular weight excluding hydrogens is 229 g/mol. The van der Waals surface area contributed by atoms with E-state index in [0.717, 1.165) is 10.4 Å². The number of nitrogens with zero attached hydrogens (tertiary/aromatic N) is 1. The normalized spacial score (nSPS) is 10.7. The van der Waals surface area contributed by atoms with Gasteiger partial charge in [-0.25, -0.2) is 4.98 Å². The van der Waals surface area contributed by atoms with Crippen LogP contribution >= 0.6 is 34.5 Å². The van der Waals surface area contributed by atoms with Crippen LogP contribution in [0.3, 0.4) is 0 Å². The standard InChI is InChI=1S/C8H5Cl2NOS/c1-12-5-3-2-4(9)6-7(5)13-8(10)11-6/h2-3H,1H3. The van der Waals surface area contributed by atoms with Crippen LogP contribution in [0, 0.1) is 0 Å². The van der Waals surface area contributed by atoms with Gasteiger partial charge in [0.15, 0.2) is 4.47 Å². The summed E-state index contributed by atoms with van der Waals surface area (Å²) in [6.07, 6.45) is 0. The van der Waals surface area contributed by atoms with Crippen molar-refractivity contribution in [2.45, 2.75) is 0 Å². The maximum absolute atomic E-state index is 5.93. The third-order valence-corrected chi connectivity index (χ3v) is 3.13. The number of hydrogen-bond acceptors (Lipinski definition) is 3. The third kappa shape index (κ3) is 1.47. The van der Waals surface area contributed by atoms with Gasteiger partial charge in [0.05, 0.1) is 16.8 Å². The first kappa shape index (κ1) is 9.06. The van der Waals surface area contributed by atoms with Gasteiger partial charge < -0.3 is 4.74 Å². The second kappa shape index (κ2) is 3.33. The molecular formula is C8H5Cl2NOS. The third-order valence-electron chi connectivity index (χ3n) is 1.65. The van der Waals surface area contributed by atoms with Gasteiger partial charge in [-0.2, -0.15) is 0 Å². The van der Waals surface area contributed by atoms with Crippen LogP contribution < -0.4 is 4.74 Å². The first-order valence-electron chi connectivity index (χ1n) is 3.51. The van der Waals surface area contributed by atoms with Crippen molar-refractivity contribution in [3.05, 3.63) is 21.6 Å². The van der Waals surface area contributed by atoms with Crippen molar-refractivity contribution < 1.29 is 4.74 Å². The summed E-state index contributed by atoms with van der Waals surface area (Å²) in [4.78, 5) is 4.09. The first-order valence-corrected chi connectivity index (χ1v) is 5.08. The number of rotatable bonds is 1. The molecule has 1 aromatic heterocycles. The van der Waals surface area contributed by atoms with Gasteiger partial charge in [-0.1, -0.05) is 34.5 Å². The maximum Gasteiger partial charge on any atom is 0.184 e. The van der Waals surface area contributed by atoms with Crippen molar-refractivity contribution in [2.24, 2.45) is 0 Å². The molecule has 13 heavy (non-hydrogen) atoms. The van der Waals surface area contributed by atoms with Crippen molar-refractivity contribution in [2.75, 3.05) is 7.11 Å². The predicted octanol–water partition coefficient (Wildman–Crippen LogP) is 3.61. The number of benzene rings is 1. The largest absolute Gasteiger partial charge is 0.495 e. The summed E-state index contributed by atoms with van der Waals surface area (Å²) in [5.74, 6) is 0.754. The van der Waals surface area contributed by atoms with E-state index in [9.17, 15) is 0 Å². The minimum Gasteiger partial charge on any atom is -0.495 e. The molecule has 0 radical (unpaired) electrons. The molecule has 0 fully saturated rings. The highest BCUT2D eigenvalue weighted by Crippen LogP contribution is 2.36. The molecule has 2 aromatic rings. The summed E-state index contributed by atoms with van der Waals surface area (Å²) in [5.41, 5.74) is 0.705. The summed E-state index contributed by atoms with van der Waals surface area (Å²) >= 11 is 13.1. The second-order valence-electron chi connectivity index (χ2n) is 2.39. The summed E-state index contributed by atoms with van der Waals surface area (Å²) in [6, 6.07) is 3.55. The van der Waals surface area contributed by atoms with E-state index in [1.165, 1.54) is 11.3 Å². The fourth-order valence-corrected chi connectivity index (χ4v) is 2.47. The average Bonchev–Trinajstić information content (AvgIpc) is 2.48. The van der Waals surface area contributed by atoms with E-state index in [1.807, 2.05) is 0 Å². The van der Waals surface area contributed by atoms with E-state index in [2.05, 4.69) is 4.98 Å². The van der Waals surface area contributed by atoms with Crippen molar-refractivity contribution >= 4 is 44.8 Å². The van der Waals surface area contributed by atoms with Crippen LogP contribution in [0.5, 0.6) is 5.75 Å². The van der Waals surface area contributed by atoms with Crippen LogP contribution in [0.2, 0.25) is 9.49 Å². The zero-order valence-electron chi connectivity index (χ0n) is 6.67. The van der Waals surface area contributed by atoms with Crippen molar-refractivity contribution in [1.29, 1.82) is 0 Å². The zero-order chi connectivity index (χ0) is 9.42. The molecule has 2 nitrogen and oxygen atoms in total. The lowest BCUT2D eigenvalue weighted by atomic mass is 10.3. The Balaban J connectivity index is 2.83. The van der Waals surface area contributed by atoms with Crippen LogP contribution in [-0.2, 0) is 0 Å². The number of halogens is 2. The van der Waals surface area contributed by atoms with E-state index >= 15 is 0 Å². The van der Waals surface area contributed by atoms with Gasteiger partial charge in [0, 0.05) is 0 Å². The molecule has 1 heterocycles. The van der Waals surface area contributed by atoms with Gasteiger partial charge in [0.1, 0.15) is 11.3 Å². The minimum atomic E-state index is 0.474. The molecule has 0 aliphatic carbocycles. The zero-order valence-corrected chi connectivity index (χ0v) is 9.00. The molecule has 0 spiro atoms. The van der Waals surface area contributed by atoms with Crippen LogP contribution in [-0.4, -0.2) is 12.1 Å². The van der Waals surface area contributed by atoms with E-state index in [0.29, 0.717) is 15.0 Å². The van der Waals surface area contributed by atoms with E-state index in [1.54, 1.807) is 19.2 Å². The summed E-state index contributed by atoms with van der Waals surface area (Å²) in [6.45, 7) is 0. The highest BCUT2D eigenvalue weighted by molar-refractivity contribution is 7.22. The fraction of sp³-hybridized carbons (Fsp3) is 0.125. The first-order chi connectivity index (χ1) is 6.22. The highest BCUT2D eigenvalue weighted by atomic mass is 35.5. The number of hydrogen-bond donors (Lipinski definition) is 0. The Morgan fingerprint density at radius 2 is 2.15 bits per heavy atom. The summed E-state index contributed by atoms with van der Waals surface area (Å²) < 4.78 is 6.51. The number of methoxy groups -OCH3 is 1. The van der Waals surface area contributed by atoms with Gasteiger partial charge in [0.25, 0.3) is 0 Å². The molecule has 0 amide bonds. The number of fused-ring (bicyclic) bond motifs is 1. The molecule has 0 saturated heterocycles. The van der Waals surface area contributed by atoms with Gasteiger partial charge >= 0.3 is 0 Å². The SMILES string of the molecule is COc1ccc(Cl)c2nc(Cl)sc12. The fourth-order valence-electron chi connectivity index (χ4n) is 1.09. The predicted molar refractivity (Wildman–Crippen MR) is 56.2 cm³/mol. The molecule has 68 valence electrons. The molecule has 0 bridgehead atoms. The molecule has 1 aromatic carbocycles. The molecule has 0 aliphatic rings. The molecule has 0 saturated carbocycles. The van der Waals surface area contributed by atoms with Crippen molar-refractivity contribution in [1.82, 2.24) is 4.98 Å². The number of thiazole rings is 1. The lowest BCUT2D eigenvalue weighted by Gasteiger charge is -2.00. The monoisotopic (exact) mass is 233 g/mol. The van der Waals surface area contributed by atoms with Crippen LogP contribution in [0.15, 0.2) is 12.1 Å². The molecule has 0 N–H and O–H groups in total. The van der Waals surface area contributed by atoms with Gasteiger partial charge in [0.2, 0.25) is 0 Å². The molecule has 0 unspecified atom stereocenters. The Kier molecular flexibility index (Phi) is 2.32. The molecule has 5 heteroatoms. The van der Waals surface area contributed by atoms with Crippen molar-refractivity contribution in [3.8, 4) is 5.75 Å². The van der Waals surface area contributed by atoms with E-state index < -0.39 is 0 Å².